The highest BCUT2D eigenvalue weighted by Gasteiger charge is 2.39. The fraction of sp³-hybridized carbons (Fsp3) is 0.294. The number of nitriles is 1. The molecule has 2 aromatic rings. The molecule has 7 nitrogen and oxygen atoms in total. The maximum Gasteiger partial charge on any atom is 0.446 e. The average Bonchev–Trinajstić information content (AvgIpc) is 3.01. The molecule has 0 saturated carbocycles. The van der Waals surface area contributed by atoms with Crippen molar-refractivity contribution in [3.63, 3.8) is 0 Å². The summed E-state index contributed by atoms with van der Waals surface area (Å²) in [6.07, 6.45) is -4.86. The molecular weight excluding hydrogens is 525 g/mol. The number of alkyl halides is 6. The van der Waals surface area contributed by atoms with Crippen LogP contribution in [0.15, 0.2) is 17.0 Å². The number of thioether (sulfide) groups is 1. The summed E-state index contributed by atoms with van der Waals surface area (Å²) in [4.78, 5) is 23.7. The van der Waals surface area contributed by atoms with Gasteiger partial charge in [-0.3, -0.25) is 9.69 Å². The molecule has 0 bridgehead atoms. The Bertz CT molecular complexity index is 1120. The van der Waals surface area contributed by atoms with Gasteiger partial charge in [0.1, 0.15) is 11.8 Å². The van der Waals surface area contributed by atoms with Crippen LogP contribution in [0, 0.1) is 11.3 Å². The maximum atomic E-state index is 13.2. The van der Waals surface area contributed by atoms with Gasteiger partial charge in [-0.05, 0) is 30.8 Å². The molecular formula is C17H10Cl2F6N4O3S. The molecule has 0 unspecified atom stereocenters. The number of anilines is 1. The van der Waals surface area contributed by atoms with Crippen LogP contribution < -0.4 is 4.90 Å². The van der Waals surface area contributed by atoms with Gasteiger partial charge in [0.2, 0.25) is 0 Å². The molecule has 0 atom stereocenters. The van der Waals surface area contributed by atoms with Crippen molar-refractivity contribution in [1.82, 2.24) is 9.78 Å². The van der Waals surface area contributed by atoms with Crippen LogP contribution >= 0.6 is 35.0 Å². The maximum absolute atomic E-state index is 13.2. The lowest BCUT2D eigenvalue weighted by molar-refractivity contribution is -0.153. The Morgan fingerprint density at radius 3 is 2.18 bits per heavy atom. The Kier molecular flexibility index (Phi) is 7.82. The van der Waals surface area contributed by atoms with Gasteiger partial charge in [-0.15, -0.1) is 0 Å². The molecule has 0 aliphatic carbocycles. The Labute approximate surface area is 195 Å². The molecule has 2 rings (SSSR count). The first kappa shape index (κ1) is 26.6. The van der Waals surface area contributed by atoms with Gasteiger partial charge in [0.15, 0.2) is 11.5 Å². The average molecular weight is 535 g/mol. The molecule has 0 radical (unpaired) electrons. The fourth-order valence-corrected chi connectivity index (χ4v) is 3.86. The number of carbonyl (C=O) groups excluding carboxylic acids is 2. The Morgan fingerprint density at radius 2 is 1.76 bits per heavy atom. The summed E-state index contributed by atoms with van der Waals surface area (Å²) in [7, 11) is 0.875. The number of likely N-dealkylation sites (N-methyl/N-ethyl adjacent to an activating group) is 1. The van der Waals surface area contributed by atoms with E-state index in [2.05, 4.69) is 9.84 Å². The third-order valence-corrected chi connectivity index (χ3v) is 5.16. The van der Waals surface area contributed by atoms with Gasteiger partial charge in [-0.25, -0.2) is 9.48 Å². The van der Waals surface area contributed by atoms with Crippen LogP contribution in [0.5, 0.6) is 0 Å². The van der Waals surface area contributed by atoms with Crippen molar-refractivity contribution in [2.45, 2.75) is 23.5 Å². The summed E-state index contributed by atoms with van der Waals surface area (Å²) in [5.74, 6) is -3.69. The molecule has 1 aromatic heterocycles. The molecule has 1 aromatic carbocycles. The number of benzene rings is 1. The number of carbonyl (C=O) groups is 2. The van der Waals surface area contributed by atoms with E-state index in [9.17, 15) is 41.2 Å². The molecule has 0 N–H and O–H groups in total. The molecule has 0 saturated heterocycles. The first-order valence-electron chi connectivity index (χ1n) is 8.42. The van der Waals surface area contributed by atoms with Crippen LogP contribution in [0.2, 0.25) is 10.0 Å². The lowest BCUT2D eigenvalue weighted by Crippen LogP contribution is -2.36. The molecule has 33 heavy (non-hydrogen) atoms. The first-order valence-corrected chi connectivity index (χ1v) is 9.99. The number of amides is 1. The second kappa shape index (κ2) is 9.70. The predicted octanol–water partition coefficient (Wildman–Crippen LogP) is 5.21. The highest BCUT2D eigenvalue weighted by atomic mass is 35.5. The summed E-state index contributed by atoms with van der Waals surface area (Å²) in [6.45, 7) is 1.14. The van der Waals surface area contributed by atoms with Crippen LogP contribution in [-0.2, 0) is 20.5 Å². The zero-order chi connectivity index (χ0) is 25.3. The standard InChI is InChI=1S/C17H10Cl2F6N4O3S/c1-3-32-15(31)14(30)28(2)13-12(33-17(23,24)25)10(6-26)27-29(13)11-8(18)4-7(5-9(11)19)16(20,21)22/h4-5H,3H2,1-2H3. The largest absolute Gasteiger partial charge is 0.459 e. The van der Waals surface area contributed by atoms with Crippen molar-refractivity contribution in [2.75, 3.05) is 18.6 Å². The van der Waals surface area contributed by atoms with Crippen molar-refractivity contribution < 1.29 is 40.7 Å². The monoisotopic (exact) mass is 534 g/mol. The number of rotatable bonds is 4. The third-order valence-electron chi connectivity index (χ3n) is 3.77. The zero-order valence-electron chi connectivity index (χ0n) is 16.3. The van der Waals surface area contributed by atoms with Crippen molar-refractivity contribution in [3.05, 3.63) is 33.4 Å². The summed E-state index contributed by atoms with van der Waals surface area (Å²) in [5.41, 5.74) is -7.66. The van der Waals surface area contributed by atoms with Gasteiger partial charge >= 0.3 is 23.6 Å². The first-order chi connectivity index (χ1) is 15.1. The molecule has 0 aliphatic heterocycles. The van der Waals surface area contributed by atoms with Crippen LogP contribution in [0.3, 0.4) is 0 Å². The smallest absolute Gasteiger partial charge is 0.446 e. The minimum Gasteiger partial charge on any atom is -0.459 e. The summed E-state index contributed by atoms with van der Waals surface area (Å²) < 4.78 is 83.7. The van der Waals surface area contributed by atoms with E-state index in [-0.39, 0.29) is 6.61 Å². The molecule has 178 valence electrons. The van der Waals surface area contributed by atoms with Gasteiger partial charge in [-0.1, -0.05) is 23.2 Å². The number of ether oxygens (including phenoxy) is 1. The summed E-state index contributed by atoms with van der Waals surface area (Å²) >= 11 is 11.0. The van der Waals surface area contributed by atoms with E-state index >= 15 is 0 Å². The predicted molar refractivity (Wildman–Crippen MR) is 105 cm³/mol. The topological polar surface area (TPSA) is 88.2 Å². The minimum absolute atomic E-state index is 0.234. The second-order valence-corrected chi connectivity index (χ2v) is 7.83. The quantitative estimate of drug-likeness (QED) is 0.231. The number of halogens is 8. The Balaban J connectivity index is 2.86. The minimum atomic E-state index is -4.98. The molecule has 1 heterocycles. The van der Waals surface area contributed by atoms with Crippen molar-refractivity contribution in [3.8, 4) is 11.8 Å². The lowest BCUT2D eigenvalue weighted by atomic mass is 10.2. The van der Waals surface area contributed by atoms with Crippen LogP contribution in [0.4, 0.5) is 32.2 Å². The van der Waals surface area contributed by atoms with Crippen molar-refractivity contribution >= 4 is 52.7 Å². The zero-order valence-corrected chi connectivity index (χ0v) is 18.6. The van der Waals surface area contributed by atoms with E-state index in [0.717, 1.165) is 7.05 Å². The van der Waals surface area contributed by atoms with Crippen LogP contribution in [-0.4, -0.2) is 40.8 Å². The lowest BCUT2D eigenvalue weighted by Gasteiger charge is -2.21. The SMILES string of the molecule is CCOC(=O)C(=O)N(C)c1c(SC(F)(F)F)c(C#N)nn1-c1c(Cl)cc(C(F)(F)F)cc1Cl. The third kappa shape index (κ3) is 5.84. The van der Waals surface area contributed by atoms with E-state index < -0.39 is 73.0 Å². The van der Waals surface area contributed by atoms with E-state index in [1.54, 1.807) is 0 Å². The molecule has 16 heteroatoms. The van der Waals surface area contributed by atoms with Crippen LogP contribution in [0.1, 0.15) is 18.2 Å². The van der Waals surface area contributed by atoms with Crippen LogP contribution in [0.25, 0.3) is 5.69 Å². The van der Waals surface area contributed by atoms with Gasteiger partial charge in [0, 0.05) is 7.05 Å². The number of nitrogens with zero attached hydrogens (tertiary/aromatic N) is 4. The van der Waals surface area contributed by atoms with Gasteiger partial charge < -0.3 is 4.74 Å². The van der Waals surface area contributed by atoms with Crippen molar-refractivity contribution in [1.29, 1.82) is 5.26 Å². The highest BCUT2D eigenvalue weighted by molar-refractivity contribution is 8.00. The number of hydrogen-bond donors (Lipinski definition) is 0. The highest BCUT2D eigenvalue weighted by Crippen LogP contribution is 2.46. The normalized spacial score (nSPS) is 11.8. The van der Waals surface area contributed by atoms with E-state index in [1.807, 2.05) is 0 Å². The molecule has 0 aliphatic rings. The second-order valence-electron chi connectivity index (χ2n) is 5.94. The number of hydrogen-bond acceptors (Lipinski definition) is 6. The number of aromatic nitrogens is 2. The Hall–Kier alpha value is -2.63. The van der Waals surface area contributed by atoms with E-state index in [4.69, 9.17) is 23.2 Å². The van der Waals surface area contributed by atoms with Gasteiger partial charge in [-0.2, -0.15) is 36.7 Å². The summed E-state index contributed by atoms with van der Waals surface area (Å²) in [5, 5.41) is 11.5. The molecule has 0 spiro atoms. The number of esters is 1. The van der Waals surface area contributed by atoms with Gasteiger partial charge in [0.25, 0.3) is 0 Å². The molecule has 1 amide bonds. The van der Waals surface area contributed by atoms with E-state index in [1.165, 1.54) is 13.0 Å². The fourth-order valence-electron chi connectivity index (χ4n) is 2.49. The molecule has 0 fully saturated rings. The van der Waals surface area contributed by atoms with E-state index in [0.29, 0.717) is 21.7 Å². The van der Waals surface area contributed by atoms with Crippen molar-refractivity contribution in [2.24, 2.45) is 0 Å². The summed E-state index contributed by atoms with van der Waals surface area (Å²) in [6, 6.07) is 2.27. The Morgan fingerprint density at radius 1 is 1.21 bits per heavy atom. The van der Waals surface area contributed by atoms with Gasteiger partial charge in [0.05, 0.1) is 27.1 Å².